The van der Waals surface area contributed by atoms with Crippen molar-refractivity contribution >= 4 is 33.3 Å². The Balaban J connectivity index is 1.41. The number of aliphatic hydroxyl groups is 1. The monoisotopic (exact) mass is 658 g/mol. The fourth-order valence-electron chi connectivity index (χ4n) is 6.36. The van der Waals surface area contributed by atoms with Gasteiger partial charge in [0.2, 0.25) is 5.95 Å². The summed E-state index contributed by atoms with van der Waals surface area (Å²) in [5.41, 5.74) is 6.25. The van der Waals surface area contributed by atoms with E-state index in [1.807, 2.05) is 157 Å². The lowest BCUT2D eigenvalue weighted by Crippen LogP contribution is -2.29. The third-order valence-electron chi connectivity index (χ3n) is 8.43. The number of fused-ring (bicyclic) bond motifs is 3. The lowest BCUT2D eigenvalue weighted by atomic mass is 9.83. The molecule has 0 fully saturated rings. The largest absolute Gasteiger partial charge is 0.376 e. The van der Waals surface area contributed by atoms with Gasteiger partial charge in [0.1, 0.15) is 5.60 Å². The summed E-state index contributed by atoms with van der Waals surface area (Å²) in [6.07, 6.45) is 0. The Labute approximate surface area is 275 Å². The molecule has 0 radical (unpaired) electrons. The van der Waals surface area contributed by atoms with Crippen molar-refractivity contribution in [1.82, 2.24) is 15.0 Å². The fraction of sp³-hybridized carbons (Fsp3) is 0.0250. The van der Waals surface area contributed by atoms with Crippen LogP contribution in [0.5, 0.6) is 0 Å². The molecule has 1 aliphatic carbocycles. The van der Waals surface area contributed by atoms with E-state index in [0.717, 1.165) is 49.2 Å². The molecule has 46 heavy (non-hydrogen) atoms. The Morgan fingerprint density at radius 2 is 1.02 bits per heavy atom. The summed E-state index contributed by atoms with van der Waals surface area (Å²) in [5, 5.41) is 13.1. The first-order chi connectivity index (χ1) is 22.6. The van der Waals surface area contributed by atoms with Crippen molar-refractivity contribution in [2.75, 3.05) is 4.90 Å². The number of rotatable bonds is 6. The highest BCUT2D eigenvalue weighted by atomic mass is 79.9. The van der Waals surface area contributed by atoms with Crippen LogP contribution in [0.4, 0.5) is 17.3 Å². The number of anilines is 3. The van der Waals surface area contributed by atoms with E-state index in [9.17, 15) is 5.11 Å². The minimum Gasteiger partial charge on any atom is -0.376 e. The SMILES string of the molecule is OC1(c2ccccc2N(c2ccccc2)c2nc(-c3ccccc3)nc(-c3ccccc3)n2)c2ccccc2-c2c(Br)cccc21. The Morgan fingerprint density at radius 1 is 0.500 bits per heavy atom. The summed E-state index contributed by atoms with van der Waals surface area (Å²) in [6, 6.07) is 52.0. The van der Waals surface area contributed by atoms with E-state index in [2.05, 4.69) is 22.0 Å². The van der Waals surface area contributed by atoms with E-state index in [0.29, 0.717) is 23.2 Å². The number of para-hydroxylation sites is 2. The number of halogens is 1. The second-order valence-corrected chi connectivity index (χ2v) is 12.0. The molecule has 1 aliphatic rings. The van der Waals surface area contributed by atoms with Gasteiger partial charge in [0.25, 0.3) is 0 Å². The molecule has 0 bridgehead atoms. The van der Waals surface area contributed by atoms with E-state index in [1.165, 1.54) is 0 Å². The predicted octanol–water partition coefficient (Wildman–Crippen LogP) is 9.70. The van der Waals surface area contributed by atoms with Gasteiger partial charge in [0.15, 0.2) is 11.6 Å². The lowest BCUT2D eigenvalue weighted by Gasteiger charge is -2.33. The molecule has 1 unspecified atom stereocenters. The van der Waals surface area contributed by atoms with Gasteiger partial charge in [-0.25, -0.2) is 4.98 Å². The van der Waals surface area contributed by atoms with E-state index in [4.69, 9.17) is 15.0 Å². The van der Waals surface area contributed by atoms with Crippen LogP contribution >= 0.6 is 15.9 Å². The van der Waals surface area contributed by atoms with Gasteiger partial charge < -0.3 is 5.11 Å². The van der Waals surface area contributed by atoms with Crippen molar-refractivity contribution in [2.45, 2.75) is 5.60 Å². The number of aromatic nitrogens is 3. The number of hydrogen-bond donors (Lipinski definition) is 1. The summed E-state index contributed by atoms with van der Waals surface area (Å²) in [7, 11) is 0. The minimum absolute atomic E-state index is 0.440. The molecule has 1 heterocycles. The maximum Gasteiger partial charge on any atom is 0.238 e. The number of hydrogen-bond acceptors (Lipinski definition) is 5. The van der Waals surface area contributed by atoms with Gasteiger partial charge in [0.05, 0.1) is 5.69 Å². The normalized spacial score (nSPS) is 14.8. The van der Waals surface area contributed by atoms with E-state index >= 15 is 0 Å². The van der Waals surface area contributed by atoms with Crippen LogP contribution in [0.3, 0.4) is 0 Å². The molecule has 0 aliphatic heterocycles. The highest BCUT2D eigenvalue weighted by Gasteiger charge is 2.46. The standard InChI is InChI=1S/C40H27BrN4O/c41-34-25-14-24-33-36(34)30-21-10-11-22-31(30)40(33,46)32-23-12-13-26-35(32)45(29-19-8-3-9-20-29)39-43-37(27-15-4-1-5-16-27)42-38(44-39)28-17-6-2-7-18-28/h1-26,46H. The number of benzene rings is 6. The zero-order valence-electron chi connectivity index (χ0n) is 24.6. The maximum absolute atomic E-state index is 13.1. The molecule has 5 nitrogen and oxygen atoms in total. The van der Waals surface area contributed by atoms with Crippen LogP contribution in [0, 0.1) is 0 Å². The maximum atomic E-state index is 13.1. The lowest BCUT2D eigenvalue weighted by molar-refractivity contribution is 0.131. The Morgan fingerprint density at radius 3 is 1.67 bits per heavy atom. The third-order valence-corrected chi connectivity index (χ3v) is 9.09. The van der Waals surface area contributed by atoms with Gasteiger partial charge in [0, 0.05) is 43.5 Å². The highest BCUT2D eigenvalue weighted by molar-refractivity contribution is 9.10. The zero-order chi connectivity index (χ0) is 31.1. The molecule has 1 atom stereocenters. The molecule has 0 saturated heterocycles. The molecule has 8 rings (SSSR count). The van der Waals surface area contributed by atoms with Gasteiger partial charge in [-0.15, -0.1) is 0 Å². The smallest absolute Gasteiger partial charge is 0.238 e. The first kappa shape index (κ1) is 28.1. The molecular weight excluding hydrogens is 632 g/mol. The van der Waals surface area contributed by atoms with E-state index < -0.39 is 5.60 Å². The van der Waals surface area contributed by atoms with Crippen molar-refractivity contribution in [2.24, 2.45) is 0 Å². The van der Waals surface area contributed by atoms with Gasteiger partial charge in [-0.2, -0.15) is 9.97 Å². The van der Waals surface area contributed by atoms with Crippen LogP contribution in [-0.2, 0) is 5.60 Å². The summed E-state index contributed by atoms with van der Waals surface area (Å²) in [6.45, 7) is 0. The summed E-state index contributed by atoms with van der Waals surface area (Å²) < 4.78 is 0.934. The number of nitrogens with zero attached hydrogens (tertiary/aromatic N) is 4. The molecule has 0 saturated carbocycles. The molecular formula is C40H27BrN4O. The minimum atomic E-state index is -1.45. The van der Waals surface area contributed by atoms with Crippen LogP contribution in [0.25, 0.3) is 33.9 Å². The van der Waals surface area contributed by atoms with Crippen LogP contribution in [0.1, 0.15) is 16.7 Å². The predicted molar refractivity (Wildman–Crippen MR) is 187 cm³/mol. The summed E-state index contributed by atoms with van der Waals surface area (Å²) in [4.78, 5) is 17.1. The summed E-state index contributed by atoms with van der Waals surface area (Å²) >= 11 is 3.77. The molecule has 1 aromatic heterocycles. The topological polar surface area (TPSA) is 62.1 Å². The van der Waals surface area contributed by atoms with Crippen molar-refractivity contribution < 1.29 is 5.11 Å². The van der Waals surface area contributed by atoms with Gasteiger partial charge in [-0.05, 0) is 29.8 Å². The first-order valence-corrected chi connectivity index (χ1v) is 15.8. The summed E-state index contributed by atoms with van der Waals surface area (Å²) in [5.74, 6) is 1.56. The quantitative estimate of drug-likeness (QED) is 0.193. The molecule has 7 aromatic rings. The van der Waals surface area contributed by atoms with Gasteiger partial charge in [-0.1, -0.05) is 149 Å². The molecule has 6 heteroatoms. The highest BCUT2D eigenvalue weighted by Crippen LogP contribution is 2.55. The first-order valence-electron chi connectivity index (χ1n) is 15.1. The van der Waals surface area contributed by atoms with Gasteiger partial charge in [-0.3, -0.25) is 4.90 Å². The van der Waals surface area contributed by atoms with Crippen molar-refractivity contribution in [3.8, 4) is 33.9 Å². The van der Waals surface area contributed by atoms with E-state index in [-0.39, 0.29) is 0 Å². The fourth-order valence-corrected chi connectivity index (χ4v) is 6.94. The second kappa shape index (κ2) is 11.5. The van der Waals surface area contributed by atoms with Gasteiger partial charge >= 0.3 is 0 Å². The average Bonchev–Trinajstić information content (AvgIpc) is 3.39. The van der Waals surface area contributed by atoms with Crippen molar-refractivity contribution in [3.05, 3.63) is 179 Å². The molecule has 6 aromatic carbocycles. The Kier molecular flexibility index (Phi) is 7.01. The van der Waals surface area contributed by atoms with Crippen LogP contribution < -0.4 is 4.90 Å². The third kappa shape index (κ3) is 4.62. The molecule has 0 spiro atoms. The Bertz CT molecular complexity index is 2130. The van der Waals surface area contributed by atoms with E-state index in [1.54, 1.807) is 0 Å². The van der Waals surface area contributed by atoms with Crippen molar-refractivity contribution in [3.63, 3.8) is 0 Å². The molecule has 0 amide bonds. The Hall–Kier alpha value is -5.43. The van der Waals surface area contributed by atoms with Crippen LogP contribution in [-0.4, -0.2) is 20.1 Å². The molecule has 1 N–H and O–H groups in total. The van der Waals surface area contributed by atoms with Crippen LogP contribution in [0.2, 0.25) is 0 Å². The average molecular weight is 660 g/mol. The second-order valence-electron chi connectivity index (χ2n) is 11.1. The van der Waals surface area contributed by atoms with Crippen LogP contribution in [0.15, 0.2) is 162 Å². The molecule has 220 valence electrons. The van der Waals surface area contributed by atoms with Crippen molar-refractivity contribution in [1.29, 1.82) is 0 Å². The zero-order valence-corrected chi connectivity index (χ0v) is 26.2.